The normalized spacial score (nSPS) is 11.1. The number of hydrogen-bond donors (Lipinski definition) is 1. The topological polar surface area (TPSA) is 57.1 Å². The van der Waals surface area contributed by atoms with Crippen LogP contribution in [0.5, 0.6) is 11.5 Å². The highest BCUT2D eigenvalue weighted by atomic mass is 32.1. The average Bonchev–Trinajstić information content (AvgIpc) is 2.95. The van der Waals surface area contributed by atoms with E-state index in [0.717, 1.165) is 40.0 Å². The van der Waals surface area contributed by atoms with Crippen LogP contribution in [0.2, 0.25) is 0 Å². The van der Waals surface area contributed by atoms with E-state index in [1.165, 1.54) is 43.2 Å². The number of aryl methyl sites for hydroxylation is 4. The highest BCUT2D eigenvalue weighted by Crippen LogP contribution is 2.35. The molecule has 4 aromatic rings. The molecule has 3 aromatic carbocycles. The van der Waals surface area contributed by atoms with Crippen molar-refractivity contribution in [2.75, 3.05) is 19.0 Å². The maximum atomic E-state index is 6.17. The number of nitrogens with zero attached hydrogens (tertiary/aromatic N) is 3. The fourth-order valence-electron chi connectivity index (χ4n) is 4.99. The second-order valence-corrected chi connectivity index (χ2v) is 11.2. The van der Waals surface area contributed by atoms with E-state index in [9.17, 15) is 0 Å². The molecule has 0 fully saturated rings. The maximum Gasteiger partial charge on any atom is 0.167 e. The molecule has 0 aliphatic carbocycles. The highest BCUT2D eigenvalue weighted by Gasteiger charge is 2.18. The summed E-state index contributed by atoms with van der Waals surface area (Å²) in [6.07, 6.45) is 7.36. The van der Waals surface area contributed by atoms with Crippen LogP contribution in [0.4, 0.5) is 0 Å². The van der Waals surface area contributed by atoms with Crippen molar-refractivity contribution in [3.8, 4) is 45.7 Å². The van der Waals surface area contributed by atoms with Crippen molar-refractivity contribution in [3.63, 3.8) is 0 Å². The monoisotopic (exact) mass is 569 g/mol. The van der Waals surface area contributed by atoms with Crippen LogP contribution >= 0.6 is 12.6 Å². The molecule has 6 heteroatoms. The van der Waals surface area contributed by atoms with Crippen LogP contribution in [0.15, 0.2) is 54.6 Å². The van der Waals surface area contributed by atoms with Gasteiger partial charge in [0.25, 0.3) is 0 Å². The smallest absolute Gasteiger partial charge is 0.167 e. The van der Waals surface area contributed by atoms with Crippen molar-refractivity contribution in [3.05, 3.63) is 76.9 Å². The quantitative estimate of drug-likeness (QED) is 0.121. The van der Waals surface area contributed by atoms with Crippen molar-refractivity contribution < 1.29 is 9.47 Å². The van der Waals surface area contributed by atoms with Gasteiger partial charge < -0.3 is 9.47 Å². The third kappa shape index (κ3) is 8.32. The summed E-state index contributed by atoms with van der Waals surface area (Å²) >= 11 is 4.37. The lowest BCUT2D eigenvalue weighted by Crippen LogP contribution is -2.05. The minimum Gasteiger partial charge on any atom is -0.493 e. The standard InChI is InChI=1S/C35H43N3O2S/c1-6-7-8-9-10-11-18-39-28-14-17-31(32(23-28)40-19-20-41)35-37-33(29-15-12-24(2)21-26(29)4)36-34(38-35)30-16-13-25(3)22-27(30)5/h12-17,21-23,41H,6-11,18-20H2,1-5H3. The van der Waals surface area contributed by atoms with Gasteiger partial charge in [-0.05, 0) is 57.4 Å². The Labute approximate surface area is 251 Å². The van der Waals surface area contributed by atoms with E-state index >= 15 is 0 Å². The number of benzene rings is 3. The summed E-state index contributed by atoms with van der Waals surface area (Å²) in [6.45, 7) is 11.8. The molecule has 0 atom stereocenters. The molecule has 0 saturated carbocycles. The molecule has 0 saturated heterocycles. The summed E-state index contributed by atoms with van der Waals surface area (Å²) in [6, 6.07) is 18.6. The van der Waals surface area contributed by atoms with Gasteiger partial charge in [-0.2, -0.15) is 12.6 Å². The zero-order chi connectivity index (χ0) is 29.2. The molecule has 216 valence electrons. The Hall–Kier alpha value is -3.38. The van der Waals surface area contributed by atoms with E-state index in [1.807, 2.05) is 18.2 Å². The lowest BCUT2D eigenvalue weighted by molar-refractivity contribution is 0.299. The SMILES string of the molecule is CCCCCCCCOc1ccc(-c2nc(-c3ccc(C)cc3C)nc(-c3ccc(C)cc3C)n2)c(OCCS)c1. The van der Waals surface area contributed by atoms with E-state index < -0.39 is 0 Å². The molecular formula is C35H43N3O2S. The molecular weight excluding hydrogens is 526 g/mol. The zero-order valence-corrected chi connectivity index (χ0v) is 26.1. The van der Waals surface area contributed by atoms with Gasteiger partial charge in [0.2, 0.25) is 0 Å². The average molecular weight is 570 g/mol. The molecule has 0 aliphatic rings. The summed E-state index contributed by atoms with van der Waals surface area (Å²) in [5.41, 5.74) is 7.43. The number of thiol groups is 1. The second kappa shape index (κ2) is 15.0. The molecule has 41 heavy (non-hydrogen) atoms. The fraction of sp³-hybridized carbons (Fsp3) is 0.400. The third-order valence-electron chi connectivity index (χ3n) is 7.19. The van der Waals surface area contributed by atoms with E-state index in [4.69, 9.17) is 24.4 Å². The van der Waals surface area contributed by atoms with E-state index in [-0.39, 0.29) is 0 Å². The maximum absolute atomic E-state index is 6.17. The molecule has 0 radical (unpaired) electrons. The number of ether oxygens (including phenoxy) is 2. The summed E-state index contributed by atoms with van der Waals surface area (Å²) in [4.78, 5) is 14.9. The first-order valence-electron chi connectivity index (χ1n) is 14.8. The Bertz CT molecular complexity index is 1380. The summed E-state index contributed by atoms with van der Waals surface area (Å²) in [7, 11) is 0. The van der Waals surface area contributed by atoms with Crippen molar-refractivity contribution in [1.82, 2.24) is 15.0 Å². The molecule has 0 aliphatic heterocycles. The van der Waals surface area contributed by atoms with Crippen LogP contribution in [0, 0.1) is 27.7 Å². The van der Waals surface area contributed by atoms with Crippen molar-refractivity contribution in [2.45, 2.75) is 73.1 Å². The third-order valence-corrected chi connectivity index (χ3v) is 7.37. The Kier molecular flexibility index (Phi) is 11.2. The van der Waals surface area contributed by atoms with E-state index in [0.29, 0.717) is 42.2 Å². The first-order valence-corrected chi connectivity index (χ1v) is 15.4. The summed E-state index contributed by atoms with van der Waals surface area (Å²) < 4.78 is 12.3. The van der Waals surface area contributed by atoms with Crippen LogP contribution in [0.3, 0.4) is 0 Å². The highest BCUT2D eigenvalue weighted by molar-refractivity contribution is 7.80. The fourth-order valence-corrected chi connectivity index (χ4v) is 5.08. The Morgan fingerprint density at radius 2 is 1.12 bits per heavy atom. The van der Waals surface area contributed by atoms with E-state index in [1.54, 1.807) is 0 Å². The van der Waals surface area contributed by atoms with E-state index in [2.05, 4.69) is 83.6 Å². The van der Waals surface area contributed by atoms with Crippen molar-refractivity contribution in [2.24, 2.45) is 0 Å². The molecule has 5 nitrogen and oxygen atoms in total. The van der Waals surface area contributed by atoms with Gasteiger partial charge in [0.15, 0.2) is 17.5 Å². The minimum atomic E-state index is 0.468. The Morgan fingerprint density at radius 1 is 0.585 bits per heavy atom. The molecule has 1 aromatic heterocycles. The van der Waals surface area contributed by atoms with Gasteiger partial charge >= 0.3 is 0 Å². The van der Waals surface area contributed by atoms with Gasteiger partial charge in [-0.3, -0.25) is 0 Å². The number of hydrogen-bond acceptors (Lipinski definition) is 6. The Morgan fingerprint density at radius 3 is 1.68 bits per heavy atom. The van der Waals surface area contributed by atoms with Crippen LogP contribution in [0.1, 0.15) is 67.7 Å². The van der Waals surface area contributed by atoms with Gasteiger partial charge in [0, 0.05) is 22.9 Å². The lowest BCUT2D eigenvalue weighted by Gasteiger charge is -2.15. The molecule has 0 unspecified atom stereocenters. The zero-order valence-electron chi connectivity index (χ0n) is 25.2. The first kappa shape index (κ1) is 30.6. The Balaban J connectivity index is 1.72. The van der Waals surface area contributed by atoms with Crippen LogP contribution in [0.25, 0.3) is 34.2 Å². The van der Waals surface area contributed by atoms with Gasteiger partial charge in [-0.15, -0.1) is 0 Å². The minimum absolute atomic E-state index is 0.468. The predicted molar refractivity (Wildman–Crippen MR) is 173 cm³/mol. The number of aromatic nitrogens is 3. The number of rotatable bonds is 14. The van der Waals surface area contributed by atoms with Crippen LogP contribution in [-0.2, 0) is 0 Å². The molecule has 0 spiro atoms. The van der Waals surface area contributed by atoms with Crippen molar-refractivity contribution in [1.29, 1.82) is 0 Å². The summed E-state index contributed by atoms with van der Waals surface area (Å²) in [5.74, 6) is 3.93. The van der Waals surface area contributed by atoms with Gasteiger partial charge in [0.1, 0.15) is 11.5 Å². The lowest BCUT2D eigenvalue weighted by atomic mass is 10.0. The number of unbranched alkanes of at least 4 members (excludes halogenated alkanes) is 5. The van der Waals surface area contributed by atoms with Gasteiger partial charge in [-0.25, -0.2) is 15.0 Å². The first-order chi connectivity index (χ1) is 19.9. The van der Waals surface area contributed by atoms with Crippen molar-refractivity contribution >= 4 is 12.6 Å². The van der Waals surface area contributed by atoms with Gasteiger partial charge in [0.05, 0.1) is 18.8 Å². The molecule has 1 heterocycles. The molecule has 4 rings (SSSR count). The van der Waals surface area contributed by atoms with Crippen LogP contribution < -0.4 is 9.47 Å². The largest absolute Gasteiger partial charge is 0.493 e. The van der Waals surface area contributed by atoms with Gasteiger partial charge in [-0.1, -0.05) is 86.6 Å². The van der Waals surface area contributed by atoms with Crippen LogP contribution in [-0.4, -0.2) is 33.9 Å². The predicted octanol–water partition coefficient (Wildman–Crippen LogP) is 9.15. The second-order valence-electron chi connectivity index (χ2n) is 10.8. The summed E-state index contributed by atoms with van der Waals surface area (Å²) in [5, 5.41) is 0. The molecule has 0 bridgehead atoms. The molecule has 0 amide bonds. The molecule has 0 N–H and O–H groups in total.